The van der Waals surface area contributed by atoms with E-state index in [2.05, 4.69) is 10.3 Å². The first-order valence-corrected chi connectivity index (χ1v) is 8.50. The zero-order valence-electron chi connectivity index (χ0n) is 13.4. The van der Waals surface area contributed by atoms with Crippen LogP contribution in [-0.2, 0) is 17.9 Å². The zero-order chi connectivity index (χ0) is 16.8. The predicted molar refractivity (Wildman–Crippen MR) is 95.9 cm³/mol. The van der Waals surface area contributed by atoms with Crippen molar-refractivity contribution in [2.24, 2.45) is 0 Å². The third kappa shape index (κ3) is 4.07. The van der Waals surface area contributed by atoms with E-state index < -0.39 is 0 Å². The number of hydrogen-bond donors (Lipinski definition) is 1. The van der Waals surface area contributed by atoms with E-state index in [1.165, 1.54) is 11.3 Å². The molecule has 3 aromatic rings. The maximum atomic E-state index is 12.2. The van der Waals surface area contributed by atoms with Crippen LogP contribution in [-0.4, -0.2) is 18.0 Å². The Hall–Kier alpha value is -2.50. The number of nitrogens with one attached hydrogen (secondary N) is 1. The van der Waals surface area contributed by atoms with Gasteiger partial charge in [-0.1, -0.05) is 54.6 Å². The minimum Gasteiger partial charge on any atom is -0.380 e. The second-order valence-corrected chi connectivity index (χ2v) is 6.19. The Bertz CT molecular complexity index is 798. The molecule has 0 unspecified atom stereocenters. The zero-order valence-corrected chi connectivity index (χ0v) is 14.2. The first-order chi connectivity index (χ1) is 11.8. The van der Waals surface area contributed by atoms with Crippen LogP contribution in [0.1, 0.15) is 21.6 Å². The summed E-state index contributed by atoms with van der Waals surface area (Å²) >= 11 is 1.47. The van der Waals surface area contributed by atoms with E-state index in [1.807, 2.05) is 54.6 Å². The molecule has 0 bridgehead atoms. The average Bonchev–Trinajstić information content (AvgIpc) is 3.12. The average molecular weight is 338 g/mol. The van der Waals surface area contributed by atoms with Crippen LogP contribution in [0, 0.1) is 0 Å². The first kappa shape index (κ1) is 16.4. The quantitative estimate of drug-likeness (QED) is 0.742. The van der Waals surface area contributed by atoms with Crippen molar-refractivity contribution in [1.82, 2.24) is 10.3 Å². The van der Waals surface area contributed by atoms with Crippen LogP contribution in [0.3, 0.4) is 0 Å². The normalized spacial score (nSPS) is 10.5. The number of ether oxygens (including phenoxy) is 1. The van der Waals surface area contributed by atoms with Crippen LogP contribution < -0.4 is 5.32 Å². The summed E-state index contributed by atoms with van der Waals surface area (Å²) in [6.07, 6.45) is 0. The van der Waals surface area contributed by atoms with E-state index in [-0.39, 0.29) is 5.91 Å². The van der Waals surface area contributed by atoms with Gasteiger partial charge >= 0.3 is 0 Å². The van der Waals surface area contributed by atoms with Gasteiger partial charge in [0.05, 0.1) is 6.61 Å². The summed E-state index contributed by atoms with van der Waals surface area (Å²) in [5.74, 6) is -0.158. The summed E-state index contributed by atoms with van der Waals surface area (Å²) in [6.45, 7) is 1.07. The van der Waals surface area contributed by atoms with Crippen molar-refractivity contribution < 1.29 is 9.53 Å². The molecule has 1 N–H and O–H groups in total. The van der Waals surface area contributed by atoms with Gasteiger partial charge in [0, 0.05) is 24.6 Å². The molecule has 2 aromatic carbocycles. The Morgan fingerprint density at radius 3 is 2.50 bits per heavy atom. The summed E-state index contributed by atoms with van der Waals surface area (Å²) in [6, 6.07) is 17.8. The third-order valence-corrected chi connectivity index (χ3v) is 4.44. The van der Waals surface area contributed by atoms with Gasteiger partial charge in [-0.3, -0.25) is 4.79 Å². The molecule has 4 nitrogen and oxygen atoms in total. The van der Waals surface area contributed by atoms with Gasteiger partial charge in [0.25, 0.3) is 5.91 Å². The van der Waals surface area contributed by atoms with Crippen LogP contribution >= 0.6 is 11.3 Å². The van der Waals surface area contributed by atoms with Crippen molar-refractivity contribution in [3.05, 3.63) is 76.8 Å². The highest BCUT2D eigenvalue weighted by molar-refractivity contribution is 7.13. The lowest BCUT2D eigenvalue weighted by Crippen LogP contribution is -2.23. The predicted octanol–water partition coefficient (Wildman–Crippen LogP) is 3.89. The molecule has 0 saturated heterocycles. The Morgan fingerprint density at radius 1 is 1.08 bits per heavy atom. The SMILES string of the molecule is COCc1ccc(CNC(=O)c2csc(-c3ccccc3)n2)cc1. The number of methoxy groups -OCH3 is 1. The summed E-state index contributed by atoms with van der Waals surface area (Å²) in [4.78, 5) is 16.7. The third-order valence-electron chi connectivity index (χ3n) is 3.54. The van der Waals surface area contributed by atoms with Crippen molar-refractivity contribution in [3.63, 3.8) is 0 Å². The molecule has 1 amide bonds. The van der Waals surface area contributed by atoms with Crippen molar-refractivity contribution in [2.75, 3.05) is 7.11 Å². The van der Waals surface area contributed by atoms with E-state index >= 15 is 0 Å². The second-order valence-electron chi connectivity index (χ2n) is 5.34. The van der Waals surface area contributed by atoms with E-state index in [4.69, 9.17) is 4.74 Å². The smallest absolute Gasteiger partial charge is 0.271 e. The fourth-order valence-corrected chi connectivity index (χ4v) is 3.09. The number of carbonyl (C=O) groups is 1. The van der Waals surface area contributed by atoms with Crippen molar-refractivity contribution >= 4 is 17.2 Å². The number of benzene rings is 2. The Labute approximate surface area is 145 Å². The molecule has 1 aromatic heterocycles. The molecule has 0 radical (unpaired) electrons. The van der Waals surface area contributed by atoms with E-state index in [0.717, 1.165) is 21.7 Å². The van der Waals surface area contributed by atoms with E-state index in [1.54, 1.807) is 12.5 Å². The Kier molecular flexibility index (Phi) is 5.36. The fourth-order valence-electron chi connectivity index (χ4n) is 2.28. The highest BCUT2D eigenvalue weighted by Gasteiger charge is 2.11. The maximum absolute atomic E-state index is 12.2. The molecule has 0 aliphatic heterocycles. The van der Waals surface area contributed by atoms with Crippen LogP contribution in [0.4, 0.5) is 0 Å². The molecule has 1 heterocycles. The molecule has 0 saturated carbocycles. The summed E-state index contributed by atoms with van der Waals surface area (Å²) in [7, 11) is 1.67. The first-order valence-electron chi connectivity index (χ1n) is 7.62. The molecule has 5 heteroatoms. The maximum Gasteiger partial charge on any atom is 0.271 e. The lowest BCUT2D eigenvalue weighted by Gasteiger charge is -2.05. The van der Waals surface area contributed by atoms with Crippen molar-refractivity contribution in [2.45, 2.75) is 13.2 Å². The van der Waals surface area contributed by atoms with Crippen LogP contribution in [0.25, 0.3) is 10.6 Å². The molecular formula is C19H18N2O2S. The molecule has 3 rings (SSSR count). The highest BCUT2D eigenvalue weighted by Crippen LogP contribution is 2.23. The molecular weight excluding hydrogens is 320 g/mol. The monoisotopic (exact) mass is 338 g/mol. The van der Waals surface area contributed by atoms with Crippen molar-refractivity contribution in [3.8, 4) is 10.6 Å². The minimum atomic E-state index is -0.158. The van der Waals surface area contributed by atoms with Gasteiger partial charge < -0.3 is 10.1 Å². The topological polar surface area (TPSA) is 51.2 Å². The van der Waals surface area contributed by atoms with E-state index in [9.17, 15) is 4.79 Å². The molecule has 0 fully saturated rings. The second kappa shape index (κ2) is 7.86. The molecule has 24 heavy (non-hydrogen) atoms. The molecule has 122 valence electrons. The van der Waals surface area contributed by atoms with Gasteiger partial charge in [0.15, 0.2) is 0 Å². The Morgan fingerprint density at radius 2 is 1.79 bits per heavy atom. The number of rotatable bonds is 6. The Balaban J connectivity index is 1.60. The van der Waals surface area contributed by atoms with Gasteiger partial charge in [-0.25, -0.2) is 4.98 Å². The van der Waals surface area contributed by atoms with Gasteiger partial charge in [-0.2, -0.15) is 0 Å². The number of thiazole rings is 1. The van der Waals surface area contributed by atoms with Crippen LogP contribution in [0.2, 0.25) is 0 Å². The van der Waals surface area contributed by atoms with Gasteiger partial charge in [-0.05, 0) is 11.1 Å². The molecule has 0 atom stereocenters. The largest absolute Gasteiger partial charge is 0.380 e. The molecule has 0 aliphatic carbocycles. The van der Waals surface area contributed by atoms with Crippen LogP contribution in [0.5, 0.6) is 0 Å². The van der Waals surface area contributed by atoms with E-state index in [0.29, 0.717) is 18.8 Å². The van der Waals surface area contributed by atoms with Gasteiger partial charge in [0.2, 0.25) is 0 Å². The highest BCUT2D eigenvalue weighted by atomic mass is 32.1. The molecule has 0 spiro atoms. The van der Waals surface area contributed by atoms with Gasteiger partial charge in [-0.15, -0.1) is 11.3 Å². The lowest BCUT2D eigenvalue weighted by atomic mass is 10.1. The number of amides is 1. The fraction of sp³-hybridized carbons (Fsp3) is 0.158. The summed E-state index contributed by atoms with van der Waals surface area (Å²) < 4.78 is 5.09. The summed E-state index contributed by atoms with van der Waals surface area (Å²) in [5, 5.41) is 5.55. The lowest BCUT2D eigenvalue weighted by molar-refractivity contribution is 0.0946. The number of carbonyl (C=O) groups excluding carboxylic acids is 1. The standard InChI is InChI=1S/C19H18N2O2S/c1-23-12-15-9-7-14(8-10-15)11-20-18(22)17-13-24-19(21-17)16-5-3-2-4-6-16/h2-10,13H,11-12H2,1H3,(H,20,22). The van der Waals surface area contributed by atoms with Gasteiger partial charge in [0.1, 0.15) is 10.7 Å². The minimum absolute atomic E-state index is 0.158. The molecule has 0 aliphatic rings. The summed E-state index contributed by atoms with van der Waals surface area (Å²) in [5.41, 5.74) is 3.63. The van der Waals surface area contributed by atoms with Crippen LogP contribution in [0.15, 0.2) is 60.0 Å². The number of nitrogens with zero attached hydrogens (tertiary/aromatic N) is 1. The van der Waals surface area contributed by atoms with Crippen molar-refractivity contribution in [1.29, 1.82) is 0 Å². The number of aromatic nitrogens is 1. The number of hydrogen-bond acceptors (Lipinski definition) is 4.